The average Bonchev–Trinajstić information content (AvgIpc) is 2.32. The van der Waals surface area contributed by atoms with E-state index in [0.717, 1.165) is 0 Å². The minimum Gasteiger partial charge on any atom is -0.480 e. The molecule has 0 spiro atoms. The van der Waals surface area contributed by atoms with E-state index in [1.165, 1.54) is 0 Å². The van der Waals surface area contributed by atoms with Gasteiger partial charge in [-0.05, 0) is 37.6 Å². The molecule has 1 rings (SSSR count). The Kier molecular flexibility index (Phi) is 5.88. The van der Waals surface area contributed by atoms with Crippen molar-refractivity contribution in [1.82, 2.24) is 5.32 Å². The summed E-state index contributed by atoms with van der Waals surface area (Å²) in [5, 5.41) is 22.2. The standard InChI is InChI=1S/C12H15Cl2NO3/c1-7(12(17)18)15-5-4-11(16)8-2-3-9(13)10(14)6-8/h2-3,6-7,11,15-16H,4-5H2,1H3,(H,17,18). The van der Waals surface area contributed by atoms with E-state index in [9.17, 15) is 9.90 Å². The molecule has 3 N–H and O–H groups in total. The summed E-state index contributed by atoms with van der Waals surface area (Å²) in [4.78, 5) is 10.6. The lowest BCUT2D eigenvalue weighted by Crippen LogP contribution is -2.34. The monoisotopic (exact) mass is 291 g/mol. The van der Waals surface area contributed by atoms with E-state index in [4.69, 9.17) is 28.3 Å². The lowest BCUT2D eigenvalue weighted by atomic mass is 10.1. The van der Waals surface area contributed by atoms with Gasteiger partial charge in [-0.3, -0.25) is 4.79 Å². The number of aliphatic hydroxyl groups excluding tert-OH is 1. The van der Waals surface area contributed by atoms with E-state index >= 15 is 0 Å². The van der Waals surface area contributed by atoms with Gasteiger partial charge in [0.15, 0.2) is 0 Å². The zero-order valence-electron chi connectivity index (χ0n) is 9.86. The van der Waals surface area contributed by atoms with Crippen LogP contribution in [0.15, 0.2) is 18.2 Å². The van der Waals surface area contributed by atoms with Gasteiger partial charge in [0.05, 0.1) is 16.1 Å². The van der Waals surface area contributed by atoms with Crippen LogP contribution in [0.1, 0.15) is 25.0 Å². The van der Waals surface area contributed by atoms with Crippen molar-refractivity contribution in [2.24, 2.45) is 0 Å². The van der Waals surface area contributed by atoms with Gasteiger partial charge in [0.2, 0.25) is 0 Å². The van der Waals surface area contributed by atoms with Crippen molar-refractivity contribution in [2.75, 3.05) is 6.54 Å². The molecule has 1 aromatic carbocycles. The highest BCUT2D eigenvalue weighted by molar-refractivity contribution is 6.42. The number of carboxylic acids is 1. The SMILES string of the molecule is CC(NCCC(O)c1ccc(Cl)c(Cl)c1)C(=O)O. The maximum atomic E-state index is 10.6. The molecule has 0 aliphatic rings. The predicted octanol–water partition coefficient (Wildman–Crippen LogP) is 2.48. The molecule has 0 saturated heterocycles. The highest BCUT2D eigenvalue weighted by Crippen LogP contribution is 2.26. The lowest BCUT2D eigenvalue weighted by molar-refractivity contribution is -0.139. The maximum Gasteiger partial charge on any atom is 0.320 e. The summed E-state index contributed by atoms with van der Waals surface area (Å²) >= 11 is 11.6. The summed E-state index contributed by atoms with van der Waals surface area (Å²) in [5.41, 5.74) is 0.661. The van der Waals surface area contributed by atoms with Crippen LogP contribution < -0.4 is 5.32 Å². The van der Waals surface area contributed by atoms with Crippen molar-refractivity contribution in [3.63, 3.8) is 0 Å². The number of nitrogens with one attached hydrogen (secondary N) is 1. The number of aliphatic hydroxyl groups is 1. The van der Waals surface area contributed by atoms with Crippen molar-refractivity contribution >= 4 is 29.2 Å². The van der Waals surface area contributed by atoms with Crippen molar-refractivity contribution in [3.05, 3.63) is 33.8 Å². The van der Waals surface area contributed by atoms with Crippen LogP contribution in [-0.2, 0) is 4.79 Å². The topological polar surface area (TPSA) is 69.6 Å². The third-order valence-corrected chi connectivity index (χ3v) is 3.31. The Balaban J connectivity index is 2.47. The largest absolute Gasteiger partial charge is 0.480 e. The third kappa shape index (κ3) is 4.46. The van der Waals surface area contributed by atoms with Crippen LogP contribution in [0.25, 0.3) is 0 Å². The molecular weight excluding hydrogens is 277 g/mol. The molecule has 100 valence electrons. The number of hydrogen-bond acceptors (Lipinski definition) is 3. The van der Waals surface area contributed by atoms with Crippen LogP contribution in [0, 0.1) is 0 Å². The van der Waals surface area contributed by atoms with E-state index in [2.05, 4.69) is 5.32 Å². The van der Waals surface area contributed by atoms with Gasteiger partial charge < -0.3 is 15.5 Å². The van der Waals surface area contributed by atoms with Crippen LogP contribution in [0.4, 0.5) is 0 Å². The lowest BCUT2D eigenvalue weighted by Gasteiger charge is -2.14. The quantitative estimate of drug-likeness (QED) is 0.753. The van der Waals surface area contributed by atoms with Gasteiger partial charge in [0.1, 0.15) is 6.04 Å². The van der Waals surface area contributed by atoms with E-state index in [-0.39, 0.29) is 0 Å². The first-order valence-corrected chi connectivity index (χ1v) is 6.26. The van der Waals surface area contributed by atoms with Crippen LogP contribution in [0.2, 0.25) is 10.0 Å². The van der Waals surface area contributed by atoms with Crippen LogP contribution >= 0.6 is 23.2 Å². The first-order chi connectivity index (χ1) is 8.41. The summed E-state index contributed by atoms with van der Waals surface area (Å²) in [7, 11) is 0. The van der Waals surface area contributed by atoms with Crippen LogP contribution in [0.5, 0.6) is 0 Å². The summed E-state index contributed by atoms with van der Waals surface area (Å²) in [6.45, 7) is 1.95. The molecule has 0 saturated carbocycles. The Labute approximate surface area is 116 Å². The first kappa shape index (κ1) is 15.2. The molecule has 4 nitrogen and oxygen atoms in total. The number of hydrogen-bond donors (Lipinski definition) is 3. The minimum absolute atomic E-state index is 0.389. The number of benzene rings is 1. The first-order valence-electron chi connectivity index (χ1n) is 5.51. The molecule has 2 unspecified atom stereocenters. The normalized spacial score (nSPS) is 14.2. The Morgan fingerprint density at radius 1 is 1.39 bits per heavy atom. The summed E-state index contributed by atoms with van der Waals surface area (Å²) in [5.74, 6) is -0.918. The van der Waals surface area contributed by atoms with Gasteiger partial charge in [-0.25, -0.2) is 0 Å². The molecule has 2 atom stereocenters. The van der Waals surface area contributed by atoms with E-state index in [1.54, 1.807) is 25.1 Å². The second-order valence-corrected chi connectivity index (χ2v) is 4.81. The molecular formula is C12H15Cl2NO3. The molecule has 6 heteroatoms. The number of halogens is 2. The number of aliphatic carboxylic acids is 1. The van der Waals surface area contributed by atoms with Gasteiger partial charge in [0, 0.05) is 0 Å². The van der Waals surface area contributed by atoms with Gasteiger partial charge in [-0.15, -0.1) is 0 Å². The minimum atomic E-state index is -0.918. The maximum absolute atomic E-state index is 10.6. The van der Waals surface area contributed by atoms with E-state index in [1.807, 2.05) is 0 Å². The van der Waals surface area contributed by atoms with Crippen molar-refractivity contribution < 1.29 is 15.0 Å². The van der Waals surface area contributed by atoms with Crippen LogP contribution in [-0.4, -0.2) is 28.8 Å². The van der Waals surface area contributed by atoms with Crippen molar-refractivity contribution in [1.29, 1.82) is 0 Å². The molecule has 0 aromatic heterocycles. The molecule has 1 aromatic rings. The zero-order chi connectivity index (χ0) is 13.7. The molecule has 0 radical (unpaired) electrons. The third-order valence-electron chi connectivity index (χ3n) is 2.57. The second kappa shape index (κ2) is 6.95. The number of carboxylic acid groups (broad SMARTS) is 1. The molecule has 0 fully saturated rings. The number of rotatable bonds is 6. The summed E-state index contributed by atoms with van der Waals surface area (Å²) < 4.78 is 0. The number of carbonyl (C=O) groups is 1. The fourth-order valence-corrected chi connectivity index (χ4v) is 1.72. The Hall–Kier alpha value is -0.810. The Morgan fingerprint density at radius 2 is 2.06 bits per heavy atom. The Bertz CT molecular complexity index is 426. The van der Waals surface area contributed by atoms with Gasteiger partial charge in [0.25, 0.3) is 0 Å². The highest BCUT2D eigenvalue weighted by Gasteiger charge is 2.12. The summed E-state index contributed by atoms with van der Waals surface area (Å²) in [6.07, 6.45) is -0.302. The molecule has 0 aliphatic carbocycles. The fraction of sp³-hybridized carbons (Fsp3) is 0.417. The molecule has 0 bridgehead atoms. The smallest absolute Gasteiger partial charge is 0.320 e. The zero-order valence-corrected chi connectivity index (χ0v) is 11.4. The van der Waals surface area contributed by atoms with E-state index < -0.39 is 18.1 Å². The fourth-order valence-electron chi connectivity index (χ4n) is 1.41. The van der Waals surface area contributed by atoms with Gasteiger partial charge >= 0.3 is 5.97 Å². The molecule has 0 heterocycles. The molecule has 0 amide bonds. The van der Waals surface area contributed by atoms with Crippen molar-refractivity contribution in [2.45, 2.75) is 25.5 Å². The van der Waals surface area contributed by atoms with Crippen molar-refractivity contribution in [3.8, 4) is 0 Å². The van der Waals surface area contributed by atoms with Gasteiger partial charge in [-0.2, -0.15) is 0 Å². The molecule has 18 heavy (non-hydrogen) atoms. The average molecular weight is 292 g/mol. The van der Waals surface area contributed by atoms with Gasteiger partial charge in [-0.1, -0.05) is 29.3 Å². The van der Waals surface area contributed by atoms with Crippen LogP contribution in [0.3, 0.4) is 0 Å². The summed E-state index contributed by atoms with van der Waals surface area (Å²) in [6, 6.07) is 4.29. The van der Waals surface area contributed by atoms with E-state index in [0.29, 0.717) is 28.6 Å². The second-order valence-electron chi connectivity index (χ2n) is 3.99. The molecule has 0 aliphatic heterocycles. The highest BCUT2D eigenvalue weighted by atomic mass is 35.5. The predicted molar refractivity (Wildman–Crippen MR) is 71.1 cm³/mol. The Morgan fingerprint density at radius 3 is 2.61 bits per heavy atom.